The smallest absolute Gasteiger partial charge is 0.279 e. The molecule has 30 heavy (non-hydrogen) atoms. The molecule has 0 aliphatic heterocycles. The maximum Gasteiger partial charge on any atom is 0.279 e. The van der Waals surface area contributed by atoms with E-state index in [9.17, 15) is 9.59 Å². The number of quaternary nitrogens is 1. The van der Waals surface area contributed by atoms with Crippen LogP contribution < -0.4 is 15.5 Å². The molecular formula is C25H30N3O2+. The summed E-state index contributed by atoms with van der Waals surface area (Å²) >= 11 is 0. The topological polar surface area (TPSA) is 62.6 Å². The summed E-state index contributed by atoms with van der Waals surface area (Å²) in [5, 5.41) is 8.34. The zero-order valence-corrected chi connectivity index (χ0v) is 18.1. The Balaban J connectivity index is 1.56. The Hall–Kier alpha value is -3.18. The molecule has 5 nitrogen and oxygen atoms in total. The molecule has 156 valence electrons. The van der Waals surface area contributed by atoms with Gasteiger partial charge in [-0.25, -0.2) is 0 Å². The molecular weight excluding hydrogens is 374 g/mol. The van der Waals surface area contributed by atoms with Crippen molar-refractivity contribution < 1.29 is 14.5 Å². The van der Waals surface area contributed by atoms with Crippen LogP contribution in [0.25, 0.3) is 10.8 Å². The first-order valence-electron chi connectivity index (χ1n) is 10.3. The van der Waals surface area contributed by atoms with E-state index in [0.717, 1.165) is 38.1 Å². The Bertz CT molecular complexity index is 1040. The van der Waals surface area contributed by atoms with Gasteiger partial charge in [0.25, 0.3) is 11.8 Å². The van der Waals surface area contributed by atoms with Crippen molar-refractivity contribution in [3.05, 3.63) is 77.4 Å². The molecule has 0 fully saturated rings. The van der Waals surface area contributed by atoms with Gasteiger partial charge in [0.15, 0.2) is 13.1 Å². The summed E-state index contributed by atoms with van der Waals surface area (Å²) in [4.78, 5) is 25.8. The van der Waals surface area contributed by atoms with Crippen molar-refractivity contribution in [3.8, 4) is 0 Å². The predicted molar refractivity (Wildman–Crippen MR) is 122 cm³/mol. The van der Waals surface area contributed by atoms with E-state index in [4.69, 9.17) is 0 Å². The lowest BCUT2D eigenvalue weighted by molar-refractivity contribution is -0.862. The molecule has 0 aromatic heterocycles. The van der Waals surface area contributed by atoms with Crippen LogP contribution in [-0.2, 0) is 9.59 Å². The van der Waals surface area contributed by atoms with Crippen LogP contribution >= 0.6 is 0 Å². The molecule has 0 spiro atoms. The standard InChI is InChI=1S/C25H29N3O2/c1-17-9-7-10-18(2)25(17)27-24(30)16-28(4)15-23(29)26-19(3)21-14-8-12-20-11-5-6-13-22(20)21/h5-14,19H,15-16H2,1-4H3,(H,26,29)(H,27,30)/p+1/t19-/m1/s1. The fourth-order valence-corrected chi connectivity index (χ4v) is 3.80. The Kier molecular flexibility index (Phi) is 6.85. The number of nitrogens with one attached hydrogen (secondary N) is 3. The lowest BCUT2D eigenvalue weighted by Gasteiger charge is -2.19. The average molecular weight is 405 g/mol. The van der Waals surface area contributed by atoms with Gasteiger partial charge < -0.3 is 15.5 Å². The number of anilines is 1. The van der Waals surface area contributed by atoms with Gasteiger partial charge >= 0.3 is 0 Å². The predicted octanol–water partition coefficient (Wildman–Crippen LogP) is 2.79. The zero-order chi connectivity index (χ0) is 21.7. The summed E-state index contributed by atoms with van der Waals surface area (Å²) in [6.07, 6.45) is 0. The largest absolute Gasteiger partial charge is 0.345 e. The fraction of sp³-hybridized carbons (Fsp3) is 0.280. The number of rotatable bonds is 7. The monoisotopic (exact) mass is 404 g/mol. The normalized spacial score (nSPS) is 12.9. The number of aryl methyl sites for hydroxylation is 2. The first-order chi connectivity index (χ1) is 14.3. The first-order valence-corrected chi connectivity index (χ1v) is 10.3. The molecule has 0 saturated heterocycles. The summed E-state index contributed by atoms with van der Waals surface area (Å²) in [6.45, 7) is 6.39. The van der Waals surface area contributed by atoms with Crippen LogP contribution in [0.5, 0.6) is 0 Å². The van der Waals surface area contributed by atoms with Gasteiger partial charge in [-0.05, 0) is 48.2 Å². The van der Waals surface area contributed by atoms with Crippen molar-refractivity contribution in [2.24, 2.45) is 0 Å². The molecule has 3 aromatic carbocycles. The summed E-state index contributed by atoms with van der Waals surface area (Å²) < 4.78 is 0. The molecule has 2 amide bonds. The van der Waals surface area contributed by atoms with Crippen LogP contribution in [0.15, 0.2) is 60.7 Å². The van der Waals surface area contributed by atoms with E-state index in [0.29, 0.717) is 0 Å². The first kappa shape index (κ1) is 21.5. The van der Waals surface area contributed by atoms with Crippen molar-refractivity contribution in [2.45, 2.75) is 26.8 Å². The maximum atomic E-state index is 12.6. The van der Waals surface area contributed by atoms with E-state index < -0.39 is 0 Å². The van der Waals surface area contributed by atoms with Crippen LogP contribution in [0.4, 0.5) is 5.69 Å². The molecule has 0 aliphatic carbocycles. The third-order valence-electron chi connectivity index (χ3n) is 5.34. The van der Waals surface area contributed by atoms with Crippen molar-refractivity contribution in [2.75, 3.05) is 25.5 Å². The highest BCUT2D eigenvalue weighted by molar-refractivity contribution is 5.93. The molecule has 3 aromatic rings. The number of carbonyl (C=O) groups is 2. The van der Waals surface area contributed by atoms with Gasteiger partial charge in [0, 0.05) is 5.69 Å². The van der Waals surface area contributed by atoms with Crippen LogP contribution in [0.1, 0.15) is 29.7 Å². The number of para-hydroxylation sites is 1. The Morgan fingerprint density at radius 3 is 2.20 bits per heavy atom. The van der Waals surface area contributed by atoms with Crippen molar-refractivity contribution in [1.82, 2.24) is 5.32 Å². The Labute approximate surface area is 178 Å². The molecule has 0 heterocycles. The highest BCUT2D eigenvalue weighted by atomic mass is 16.2. The molecule has 5 heteroatoms. The molecule has 0 radical (unpaired) electrons. The highest BCUT2D eigenvalue weighted by Crippen LogP contribution is 2.24. The van der Waals surface area contributed by atoms with Crippen molar-refractivity contribution >= 4 is 28.3 Å². The van der Waals surface area contributed by atoms with E-state index in [1.165, 1.54) is 0 Å². The minimum absolute atomic E-state index is 0.0761. The van der Waals surface area contributed by atoms with Gasteiger partial charge in [-0.1, -0.05) is 60.7 Å². The van der Waals surface area contributed by atoms with Gasteiger partial charge in [0.2, 0.25) is 0 Å². The molecule has 0 bridgehead atoms. The third kappa shape index (κ3) is 5.24. The van der Waals surface area contributed by atoms with Gasteiger partial charge in [0.05, 0.1) is 13.1 Å². The zero-order valence-electron chi connectivity index (χ0n) is 18.1. The summed E-state index contributed by atoms with van der Waals surface area (Å²) in [6, 6.07) is 20.1. The molecule has 1 unspecified atom stereocenters. The van der Waals surface area contributed by atoms with E-state index in [2.05, 4.69) is 28.8 Å². The second-order valence-corrected chi connectivity index (χ2v) is 7.98. The van der Waals surface area contributed by atoms with E-state index >= 15 is 0 Å². The molecule has 2 atom stereocenters. The fourth-order valence-electron chi connectivity index (χ4n) is 3.80. The van der Waals surface area contributed by atoms with Gasteiger partial charge in [-0.3, -0.25) is 9.59 Å². The number of hydrogen-bond donors (Lipinski definition) is 3. The maximum absolute atomic E-state index is 12.6. The lowest BCUT2D eigenvalue weighted by atomic mass is 10.00. The lowest BCUT2D eigenvalue weighted by Crippen LogP contribution is -3.11. The van der Waals surface area contributed by atoms with Crippen molar-refractivity contribution in [3.63, 3.8) is 0 Å². The number of amides is 2. The second kappa shape index (κ2) is 9.55. The Morgan fingerprint density at radius 1 is 0.867 bits per heavy atom. The molecule has 0 saturated carbocycles. The van der Waals surface area contributed by atoms with Crippen LogP contribution in [0.3, 0.4) is 0 Å². The Morgan fingerprint density at radius 2 is 1.47 bits per heavy atom. The van der Waals surface area contributed by atoms with Crippen LogP contribution in [-0.4, -0.2) is 32.0 Å². The third-order valence-corrected chi connectivity index (χ3v) is 5.34. The number of fused-ring (bicyclic) bond motifs is 1. The van der Waals surface area contributed by atoms with Crippen LogP contribution in [0, 0.1) is 13.8 Å². The minimum atomic E-state index is -0.111. The number of likely N-dealkylation sites (N-methyl/N-ethyl adjacent to an activating group) is 1. The number of benzene rings is 3. The SMILES string of the molecule is Cc1cccc(C)c1NC(=O)C[NH+](C)CC(=O)N[C@H](C)c1cccc2ccccc12. The van der Waals surface area contributed by atoms with E-state index in [1.54, 1.807) is 0 Å². The summed E-state index contributed by atoms with van der Waals surface area (Å²) in [7, 11) is 1.85. The molecule has 3 rings (SSSR count). The van der Waals surface area contributed by atoms with Crippen molar-refractivity contribution in [1.29, 1.82) is 0 Å². The number of carbonyl (C=O) groups excluding carboxylic acids is 2. The van der Waals surface area contributed by atoms with Gasteiger partial charge in [0.1, 0.15) is 0 Å². The highest BCUT2D eigenvalue weighted by Gasteiger charge is 2.18. The van der Waals surface area contributed by atoms with E-state index in [-0.39, 0.29) is 30.9 Å². The minimum Gasteiger partial charge on any atom is -0.345 e. The summed E-state index contributed by atoms with van der Waals surface area (Å²) in [5.74, 6) is -0.174. The number of hydrogen-bond acceptors (Lipinski definition) is 2. The molecule has 3 N–H and O–H groups in total. The second-order valence-electron chi connectivity index (χ2n) is 7.98. The van der Waals surface area contributed by atoms with Crippen LogP contribution in [0.2, 0.25) is 0 Å². The average Bonchev–Trinajstić information content (AvgIpc) is 2.70. The summed E-state index contributed by atoms with van der Waals surface area (Å²) in [5.41, 5.74) is 4.00. The van der Waals surface area contributed by atoms with Gasteiger partial charge in [-0.15, -0.1) is 0 Å². The van der Waals surface area contributed by atoms with E-state index in [1.807, 2.05) is 70.3 Å². The quantitative estimate of drug-likeness (QED) is 0.567. The molecule has 0 aliphatic rings. The van der Waals surface area contributed by atoms with Gasteiger partial charge in [-0.2, -0.15) is 0 Å².